The van der Waals surface area contributed by atoms with E-state index in [1.807, 2.05) is 0 Å². The summed E-state index contributed by atoms with van der Waals surface area (Å²) in [5.41, 5.74) is -1.00. The maximum absolute atomic E-state index is 12.3. The lowest BCUT2D eigenvalue weighted by atomic mass is 9.75. The average molecular weight is 334 g/mol. The zero-order chi connectivity index (χ0) is 16.8. The van der Waals surface area contributed by atoms with Crippen molar-refractivity contribution in [3.8, 4) is 0 Å². The summed E-state index contributed by atoms with van der Waals surface area (Å²) in [6.45, 7) is 7.72. The van der Waals surface area contributed by atoms with Crippen LogP contribution in [0.15, 0.2) is 0 Å². The van der Waals surface area contributed by atoms with Crippen molar-refractivity contribution in [2.24, 2.45) is 17.8 Å². The Balaban J connectivity index is 2.64. The summed E-state index contributed by atoms with van der Waals surface area (Å²) in [6.07, 6.45) is 3.89. The highest BCUT2D eigenvalue weighted by Gasteiger charge is 2.39. The van der Waals surface area contributed by atoms with Gasteiger partial charge in [0.25, 0.3) is 0 Å². The molecule has 22 heavy (non-hydrogen) atoms. The van der Waals surface area contributed by atoms with Gasteiger partial charge in [-0.05, 0) is 44.9 Å². The van der Waals surface area contributed by atoms with Crippen molar-refractivity contribution in [3.05, 3.63) is 0 Å². The van der Waals surface area contributed by atoms with Gasteiger partial charge < -0.3 is 9.84 Å². The molecule has 1 saturated carbocycles. The highest BCUT2D eigenvalue weighted by atomic mass is 32.2. The van der Waals surface area contributed by atoms with Gasteiger partial charge in [0.2, 0.25) is 0 Å². The fourth-order valence-electron chi connectivity index (χ4n) is 2.83. The monoisotopic (exact) mass is 334 g/mol. The summed E-state index contributed by atoms with van der Waals surface area (Å²) in [5, 5.41) is 9.72. The van der Waals surface area contributed by atoms with Crippen molar-refractivity contribution in [1.82, 2.24) is 0 Å². The van der Waals surface area contributed by atoms with E-state index in [0.29, 0.717) is 11.8 Å². The molecule has 1 aliphatic carbocycles. The largest absolute Gasteiger partial charge is 0.462 e. The van der Waals surface area contributed by atoms with E-state index in [1.165, 1.54) is 19.2 Å². The topological polar surface area (TPSA) is 65.0 Å². The second-order valence-electron chi connectivity index (χ2n) is 6.85. The van der Waals surface area contributed by atoms with Gasteiger partial charge in [0.15, 0.2) is 0 Å². The Kier molecular flexibility index (Phi) is 8.17. The van der Waals surface area contributed by atoms with Crippen LogP contribution in [0.4, 0.5) is 0 Å². The van der Waals surface area contributed by atoms with Gasteiger partial charge in [-0.3, -0.25) is 4.79 Å². The lowest BCUT2D eigenvalue weighted by Gasteiger charge is -2.36. The van der Waals surface area contributed by atoms with Crippen molar-refractivity contribution >= 4 is 18.0 Å². The molecule has 0 bridgehead atoms. The van der Waals surface area contributed by atoms with Crippen LogP contribution in [0.1, 0.15) is 53.4 Å². The minimum absolute atomic E-state index is 0.0135. The first kappa shape index (κ1) is 19.7. The minimum Gasteiger partial charge on any atom is -0.462 e. The molecule has 4 atom stereocenters. The molecule has 0 radical (unpaired) electrons. The SMILES string of the molecule is CCC(C)C1CCC(C(=O)OCC(C)(C)O)C(SOOC)C1. The third-order valence-electron chi connectivity index (χ3n) is 4.38. The van der Waals surface area contributed by atoms with Crippen molar-refractivity contribution in [3.63, 3.8) is 0 Å². The first-order chi connectivity index (χ1) is 10.3. The molecule has 0 heterocycles. The van der Waals surface area contributed by atoms with Gasteiger partial charge in [-0.25, -0.2) is 4.89 Å². The molecular weight excluding hydrogens is 304 g/mol. The van der Waals surface area contributed by atoms with Crippen LogP contribution in [0.5, 0.6) is 0 Å². The Morgan fingerprint density at radius 3 is 2.64 bits per heavy atom. The fraction of sp³-hybridized carbons (Fsp3) is 0.938. The molecule has 1 fully saturated rings. The predicted molar refractivity (Wildman–Crippen MR) is 87.0 cm³/mol. The summed E-state index contributed by atoms with van der Waals surface area (Å²) in [7, 11) is 1.46. The Hall–Kier alpha value is -0.300. The fourth-order valence-corrected chi connectivity index (χ4v) is 3.72. The molecule has 0 aromatic rings. The molecule has 1 rings (SSSR count). The normalized spacial score (nSPS) is 27.5. The van der Waals surface area contributed by atoms with Crippen LogP contribution in [0, 0.1) is 17.8 Å². The molecule has 0 saturated heterocycles. The molecule has 1 N–H and O–H groups in total. The van der Waals surface area contributed by atoms with Crippen molar-refractivity contribution in [2.45, 2.75) is 64.2 Å². The first-order valence-electron chi connectivity index (χ1n) is 8.03. The quantitative estimate of drug-likeness (QED) is 0.318. The van der Waals surface area contributed by atoms with Gasteiger partial charge in [0, 0.05) is 17.3 Å². The van der Waals surface area contributed by atoms with Crippen molar-refractivity contribution < 1.29 is 23.9 Å². The number of rotatable bonds is 8. The van der Waals surface area contributed by atoms with E-state index in [4.69, 9.17) is 9.07 Å². The Morgan fingerprint density at radius 2 is 2.09 bits per heavy atom. The summed E-state index contributed by atoms with van der Waals surface area (Å²) >= 11 is 1.21. The van der Waals surface area contributed by atoms with Crippen molar-refractivity contribution in [1.29, 1.82) is 0 Å². The third kappa shape index (κ3) is 6.44. The smallest absolute Gasteiger partial charge is 0.310 e. The number of aliphatic hydroxyl groups is 1. The third-order valence-corrected chi connectivity index (χ3v) is 5.37. The van der Waals surface area contributed by atoms with E-state index in [9.17, 15) is 9.90 Å². The molecular formula is C16H30O5S. The second-order valence-corrected chi connectivity index (χ2v) is 7.79. The highest BCUT2D eigenvalue weighted by Crippen LogP contribution is 2.41. The molecule has 130 valence electrons. The van der Waals surface area contributed by atoms with E-state index >= 15 is 0 Å². The van der Waals surface area contributed by atoms with Crippen LogP contribution in [-0.2, 0) is 18.8 Å². The molecule has 0 aromatic carbocycles. The Bertz CT molecular complexity index is 342. The molecule has 6 heteroatoms. The van der Waals surface area contributed by atoms with E-state index in [1.54, 1.807) is 13.8 Å². The van der Waals surface area contributed by atoms with Crippen LogP contribution < -0.4 is 0 Å². The molecule has 1 aliphatic rings. The Morgan fingerprint density at radius 1 is 1.41 bits per heavy atom. The highest BCUT2D eigenvalue weighted by molar-refractivity contribution is 7.95. The standard InChI is InChI=1S/C16H30O5S/c1-6-11(2)12-7-8-13(14(9-12)22-21-19-5)15(17)20-10-16(3,4)18/h11-14,18H,6-10H2,1-5H3. The molecule has 4 unspecified atom stereocenters. The number of hydrogen-bond acceptors (Lipinski definition) is 6. The summed E-state index contributed by atoms with van der Waals surface area (Å²) in [4.78, 5) is 17.0. The van der Waals surface area contributed by atoms with E-state index < -0.39 is 5.60 Å². The number of esters is 1. The lowest BCUT2D eigenvalue weighted by molar-refractivity contribution is -0.163. The number of ether oxygens (including phenoxy) is 1. The van der Waals surface area contributed by atoms with Gasteiger partial charge in [0.1, 0.15) is 6.61 Å². The maximum Gasteiger partial charge on any atom is 0.310 e. The van der Waals surface area contributed by atoms with Crippen LogP contribution >= 0.6 is 12.0 Å². The zero-order valence-electron chi connectivity index (χ0n) is 14.3. The minimum atomic E-state index is -1.00. The van der Waals surface area contributed by atoms with E-state index in [2.05, 4.69) is 18.7 Å². The molecule has 5 nitrogen and oxygen atoms in total. The van der Waals surface area contributed by atoms with Crippen molar-refractivity contribution in [2.75, 3.05) is 13.7 Å². The molecule has 0 amide bonds. The lowest BCUT2D eigenvalue weighted by Crippen LogP contribution is -2.38. The van der Waals surface area contributed by atoms with Gasteiger partial charge in [-0.1, -0.05) is 20.3 Å². The molecule has 0 aliphatic heterocycles. The second kappa shape index (κ2) is 9.11. The van der Waals surface area contributed by atoms with Crippen LogP contribution in [0.2, 0.25) is 0 Å². The van der Waals surface area contributed by atoms with Gasteiger partial charge >= 0.3 is 5.97 Å². The number of carbonyl (C=O) groups excluding carboxylic acids is 1. The Labute approximate surface area is 138 Å². The summed E-state index contributed by atoms with van der Waals surface area (Å²) < 4.78 is 10.3. The average Bonchev–Trinajstić information content (AvgIpc) is 2.48. The summed E-state index contributed by atoms with van der Waals surface area (Å²) in [5.74, 6) is 0.782. The molecule has 0 spiro atoms. The molecule has 0 aromatic heterocycles. The van der Waals surface area contributed by atoms with Crippen LogP contribution in [-0.4, -0.2) is 35.6 Å². The van der Waals surface area contributed by atoms with Crippen LogP contribution in [0.3, 0.4) is 0 Å². The van der Waals surface area contributed by atoms with Gasteiger partial charge in [-0.2, -0.15) is 4.33 Å². The van der Waals surface area contributed by atoms with Crippen LogP contribution in [0.25, 0.3) is 0 Å². The van der Waals surface area contributed by atoms with Gasteiger partial charge in [0.05, 0.1) is 18.6 Å². The van der Waals surface area contributed by atoms with E-state index in [-0.39, 0.29) is 23.7 Å². The number of hydrogen-bond donors (Lipinski definition) is 1. The van der Waals surface area contributed by atoms with Gasteiger partial charge in [-0.15, -0.1) is 0 Å². The predicted octanol–water partition coefficient (Wildman–Crippen LogP) is 3.36. The first-order valence-corrected chi connectivity index (χ1v) is 8.84. The van der Waals surface area contributed by atoms with E-state index in [0.717, 1.165) is 25.7 Å². The number of carbonyl (C=O) groups is 1. The summed E-state index contributed by atoms with van der Waals surface area (Å²) in [6, 6.07) is 0. The zero-order valence-corrected chi connectivity index (χ0v) is 15.1. The maximum atomic E-state index is 12.3.